The highest BCUT2D eigenvalue weighted by Crippen LogP contribution is 2.24. The van der Waals surface area contributed by atoms with Crippen LogP contribution in [-0.4, -0.2) is 29.6 Å². The van der Waals surface area contributed by atoms with Crippen LogP contribution < -0.4 is 5.73 Å². The number of hydrogen-bond acceptors (Lipinski definition) is 2. The van der Waals surface area contributed by atoms with Crippen LogP contribution in [0, 0.1) is 6.92 Å². The SMILES string of the molecule is CCC(CC)N(CC(F)(F)F)C(=O)c1cccc(N)c1C. The molecule has 3 nitrogen and oxygen atoms in total. The summed E-state index contributed by atoms with van der Waals surface area (Å²) in [6.07, 6.45) is -3.48. The van der Waals surface area contributed by atoms with E-state index in [2.05, 4.69) is 0 Å². The fourth-order valence-electron chi connectivity index (χ4n) is 2.33. The molecule has 0 fully saturated rings. The lowest BCUT2D eigenvalue weighted by Crippen LogP contribution is -2.45. The Morgan fingerprint density at radius 2 is 1.86 bits per heavy atom. The first-order valence-corrected chi connectivity index (χ1v) is 6.94. The van der Waals surface area contributed by atoms with Crippen LogP contribution in [0.4, 0.5) is 18.9 Å². The monoisotopic (exact) mass is 302 g/mol. The third-order valence-electron chi connectivity index (χ3n) is 3.60. The second kappa shape index (κ2) is 6.83. The van der Waals surface area contributed by atoms with Crippen molar-refractivity contribution in [3.8, 4) is 0 Å². The molecule has 0 saturated carbocycles. The molecule has 118 valence electrons. The van der Waals surface area contributed by atoms with E-state index in [1.165, 1.54) is 6.07 Å². The van der Waals surface area contributed by atoms with Gasteiger partial charge in [-0.1, -0.05) is 19.9 Å². The van der Waals surface area contributed by atoms with Crippen LogP contribution in [0.15, 0.2) is 18.2 Å². The maximum atomic E-state index is 12.8. The van der Waals surface area contributed by atoms with Gasteiger partial charge in [0.05, 0.1) is 0 Å². The standard InChI is InChI=1S/C15H21F3N2O/c1-4-11(5-2)20(9-15(16,17)18)14(21)12-7-6-8-13(19)10(12)3/h6-8,11H,4-5,9,19H2,1-3H3. The predicted molar refractivity (Wildman–Crippen MR) is 77.1 cm³/mol. The average Bonchev–Trinajstić information content (AvgIpc) is 2.40. The summed E-state index contributed by atoms with van der Waals surface area (Å²) in [5, 5.41) is 0. The Morgan fingerprint density at radius 3 is 2.33 bits per heavy atom. The van der Waals surface area contributed by atoms with Crippen LogP contribution in [-0.2, 0) is 0 Å². The lowest BCUT2D eigenvalue weighted by molar-refractivity contribution is -0.144. The van der Waals surface area contributed by atoms with Gasteiger partial charge in [-0.2, -0.15) is 13.2 Å². The van der Waals surface area contributed by atoms with Gasteiger partial charge in [-0.25, -0.2) is 0 Å². The lowest BCUT2D eigenvalue weighted by atomic mass is 10.0. The van der Waals surface area contributed by atoms with Crippen molar-refractivity contribution < 1.29 is 18.0 Å². The van der Waals surface area contributed by atoms with E-state index >= 15 is 0 Å². The number of halogens is 3. The van der Waals surface area contributed by atoms with Gasteiger partial charge in [0.2, 0.25) is 0 Å². The summed E-state index contributed by atoms with van der Waals surface area (Å²) in [7, 11) is 0. The number of carbonyl (C=O) groups is 1. The third-order valence-corrected chi connectivity index (χ3v) is 3.60. The topological polar surface area (TPSA) is 46.3 Å². The Bertz CT molecular complexity index is 496. The Hall–Kier alpha value is -1.72. The quantitative estimate of drug-likeness (QED) is 0.842. The van der Waals surface area contributed by atoms with Crippen LogP contribution in [0.3, 0.4) is 0 Å². The first-order valence-electron chi connectivity index (χ1n) is 6.94. The molecule has 1 amide bonds. The summed E-state index contributed by atoms with van der Waals surface area (Å²) in [5.41, 5.74) is 6.88. The molecule has 21 heavy (non-hydrogen) atoms. The summed E-state index contributed by atoms with van der Waals surface area (Å²) < 4.78 is 38.3. The van der Waals surface area contributed by atoms with E-state index in [4.69, 9.17) is 5.73 Å². The predicted octanol–water partition coefficient (Wildman–Crippen LogP) is 3.77. The zero-order valence-electron chi connectivity index (χ0n) is 12.5. The van der Waals surface area contributed by atoms with E-state index in [1.807, 2.05) is 0 Å². The number of nitrogens with zero attached hydrogens (tertiary/aromatic N) is 1. The van der Waals surface area contributed by atoms with E-state index < -0.39 is 24.7 Å². The highest BCUT2D eigenvalue weighted by molar-refractivity contribution is 5.97. The summed E-state index contributed by atoms with van der Waals surface area (Å²) >= 11 is 0. The molecule has 0 aliphatic heterocycles. The van der Waals surface area contributed by atoms with E-state index in [0.717, 1.165) is 4.90 Å². The molecule has 0 aliphatic rings. The maximum absolute atomic E-state index is 12.8. The van der Waals surface area contributed by atoms with E-state index in [0.29, 0.717) is 24.1 Å². The van der Waals surface area contributed by atoms with E-state index in [1.54, 1.807) is 32.9 Å². The Balaban J connectivity index is 3.18. The van der Waals surface area contributed by atoms with Gasteiger partial charge in [0.15, 0.2) is 0 Å². The van der Waals surface area contributed by atoms with Gasteiger partial charge < -0.3 is 10.6 Å². The number of anilines is 1. The zero-order valence-corrected chi connectivity index (χ0v) is 12.5. The molecule has 1 aromatic rings. The second-order valence-electron chi connectivity index (χ2n) is 5.04. The molecule has 0 aliphatic carbocycles. The Kier molecular flexibility index (Phi) is 5.63. The summed E-state index contributed by atoms with van der Waals surface area (Å²) in [6, 6.07) is 4.27. The molecular weight excluding hydrogens is 281 g/mol. The molecule has 0 atom stereocenters. The van der Waals surface area contributed by atoms with E-state index in [9.17, 15) is 18.0 Å². The van der Waals surface area contributed by atoms with Crippen LogP contribution in [0.2, 0.25) is 0 Å². The number of nitrogens with two attached hydrogens (primary N) is 1. The first-order chi connectivity index (χ1) is 9.71. The largest absolute Gasteiger partial charge is 0.406 e. The first kappa shape index (κ1) is 17.3. The highest BCUT2D eigenvalue weighted by atomic mass is 19.4. The van der Waals surface area contributed by atoms with Crippen LogP contribution >= 0.6 is 0 Å². The fourth-order valence-corrected chi connectivity index (χ4v) is 2.33. The van der Waals surface area contributed by atoms with Crippen molar-refractivity contribution in [1.82, 2.24) is 4.90 Å². The minimum absolute atomic E-state index is 0.228. The minimum Gasteiger partial charge on any atom is -0.398 e. The smallest absolute Gasteiger partial charge is 0.398 e. The second-order valence-corrected chi connectivity index (χ2v) is 5.04. The Labute approximate surface area is 122 Å². The van der Waals surface area contributed by atoms with Gasteiger partial charge in [-0.3, -0.25) is 4.79 Å². The highest BCUT2D eigenvalue weighted by Gasteiger charge is 2.36. The summed E-state index contributed by atoms with van der Waals surface area (Å²) in [6.45, 7) is 3.95. The number of alkyl halides is 3. The van der Waals surface area contributed by atoms with Crippen molar-refractivity contribution in [2.24, 2.45) is 0 Å². The molecule has 0 spiro atoms. The number of nitrogen functional groups attached to an aromatic ring is 1. The molecule has 0 saturated heterocycles. The van der Waals surface area contributed by atoms with Gasteiger partial charge in [0.1, 0.15) is 6.54 Å². The number of carbonyl (C=O) groups excluding carboxylic acids is 1. The average molecular weight is 302 g/mol. The van der Waals surface area contributed by atoms with Gasteiger partial charge in [-0.05, 0) is 37.5 Å². The van der Waals surface area contributed by atoms with Crippen molar-refractivity contribution in [3.63, 3.8) is 0 Å². The van der Waals surface area contributed by atoms with Gasteiger partial charge in [-0.15, -0.1) is 0 Å². The third kappa shape index (κ3) is 4.37. The molecule has 2 N–H and O–H groups in total. The normalized spacial score (nSPS) is 11.8. The van der Waals surface area contributed by atoms with Crippen LogP contribution in [0.25, 0.3) is 0 Å². The Morgan fingerprint density at radius 1 is 1.29 bits per heavy atom. The number of amides is 1. The van der Waals surface area contributed by atoms with Gasteiger partial charge in [0, 0.05) is 17.3 Å². The number of rotatable bonds is 5. The minimum atomic E-state index is -4.42. The van der Waals surface area contributed by atoms with E-state index in [-0.39, 0.29) is 5.56 Å². The number of benzene rings is 1. The van der Waals surface area contributed by atoms with Crippen molar-refractivity contribution in [2.45, 2.75) is 45.8 Å². The molecule has 6 heteroatoms. The molecule has 0 bridgehead atoms. The zero-order chi connectivity index (χ0) is 16.2. The molecular formula is C15H21F3N2O. The van der Waals surface area contributed by atoms with Crippen LogP contribution in [0.5, 0.6) is 0 Å². The lowest BCUT2D eigenvalue weighted by Gasteiger charge is -2.32. The molecule has 0 radical (unpaired) electrons. The fraction of sp³-hybridized carbons (Fsp3) is 0.533. The maximum Gasteiger partial charge on any atom is 0.406 e. The van der Waals surface area contributed by atoms with Crippen molar-refractivity contribution >= 4 is 11.6 Å². The van der Waals surface area contributed by atoms with Crippen molar-refractivity contribution in [1.29, 1.82) is 0 Å². The number of hydrogen-bond donors (Lipinski definition) is 1. The molecule has 0 unspecified atom stereocenters. The van der Waals surface area contributed by atoms with Crippen molar-refractivity contribution in [2.75, 3.05) is 12.3 Å². The molecule has 0 heterocycles. The van der Waals surface area contributed by atoms with Gasteiger partial charge in [0.25, 0.3) is 5.91 Å². The summed E-state index contributed by atoms with van der Waals surface area (Å²) in [5.74, 6) is -0.620. The van der Waals surface area contributed by atoms with Gasteiger partial charge >= 0.3 is 6.18 Å². The molecule has 1 aromatic carbocycles. The summed E-state index contributed by atoms with van der Waals surface area (Å²) in [4.78, 5) is 13.4. The van der Waals surface area contributed by atoms with Crippen molar-refractivity contribution in [3.05, 3.63) is 29.3 Å². The molecule has 0 aromatic heterocycles. The molecule has 1 rings (SSSR count). The van der Waals surface area contributed by atoms with Crippen LogP contribution in [0.1, 0.15) is 42.6 Å².